The normalized spacial score (nSPS) is 14.3. The first-order chi connectivity index (χ1) is 13.2. The lowest BCUT2D eigenvalue weighted by Crippen LogP contribution is -2.36. The molecule has 0 radical (unpaired) electrons. The Morgan fingerprint density at radius 2 is 1.79 bits per heavy atom. The maximum Gasteiger partial charge on any atom is 0.534 e. The summed E-state index contributed by atoms with van der Waals surface area (Å²) in [4.78, 5) is 13.7. The van der Waals surface area contributed by atoms with Crippen molar-refractivity contribution in [3.8, 4) is 5.75 Å². The minimum absolute atomic E-state index is 0.130. The van der Waals surface area contributed by atoms with Crippen molar-refractivity contribution in [2.45, 2.75) is 25.1 Å². The van der Waals surface area contributed by atoms with Crippen molar-refractivity contribution in [2.75, 3.05) is 6.54 Å². The summed E-state index contributed by atoms with van der Waals surface area (Å²) in [6.07, 6.45) is -0.173. The molecule has 2 aromatic rings. The molecule has 0 saturated heterocycles. The zero-order valence-corrected chi connectivity index (χ0v) is 15.3. The SMILES string of the molecule is O=C(OCc1ccccc1)N1CCc2cc(OS(=O)(=O)C(F)(F)F)ccc2C1. The number of halogens is 3. The number of benzene rings is 2. The largest absolute Gasteiger partial charge is 0.534 e. The minimum atomic E-state index is -5.72. The molecule has 3 rings (SSSR count). The fourth-order valence-corrected chi connectivity index (χ4v) is 3.17. The molecule has 1 amide bonds. The third-order valence-corrected chi connectivity index (χ3v) is 5.12. The summed E-state index contributed by atoms with van der Waals surface area (Å²) in [6, 6.07) is 13.0. The molecule has 1 aliphatic heterocycles. The van der Waals surface area contributed by atoms with Gasteiger partial charge in [-0.1, -0.05) is 36.4 Å². The summed E-state index contributed by atoms with van der Waals surface area (Å²) in [5, 5.41) is 0. The predicted molar refractivity (Wildman–Crippen MR) is 92.8 cm³/mol. The van der Waals surface area contributed by atoms with Crippen LogP contribution in [0.2, 0.25) is 0 Å². The quantitative estimate of drug-likeness (QED) is 0.564. The van der Waals surface area contributed by atoms with E-state index in [-0.39, 0.29) is 19.7 Å². The molecule has 2 aromatic carbocycles. The van der Waals surface area contributed by atoms with E-state index in [0.717, 1.165) is 11.6 Å². The maximum absolute atomic E-state index is 12.4. The van der Waals surface area contributed by atoms with Gasteiger partial charge in [-0.05, 0) is 35.2 Å². The van der Waals surface area contributed by atoms with Crippen molar-refractivity contribution in [3.63, 3.8) is 0 Å². The van der Waals surface area contributed by atoms with Crippen molar-refractivity contribution in [1.82, 2.24) is 4.90 Å². The van der Waals surface area contributed by atoms with E-state index in [1.165, 1.54) is 17.0 Å². The molecule has 1 heterocycles. The number of alkyl halides is 3. The molecule has 28 heavy (non-hydrogen) atoms. The molecule has 0 N–H and O–H groups in total. The molecule has 1 aliphatic rings. The number of hydrogen-bond acceptors (Lipinski definition) is 5. The Balaban J connectivity index is 1.63. The molecule has 0 aromatic heterocycles. The monoisotopic (exact) mass is 415 g/mol. The van der Waals surface area contributed by atoms with Crippen LogP contribution in [0, 0.1) is 0 Å². The van der Waals surface area contributed by atoms with Gasteiger partial charge in [0.2, 0.25) is 0 Å². The average molecular weight is 415 g/mol. The molecule has 150 valence electrons. The standard InChI is InChI=1S/C18H16F3NO5S/c19-18(20,21)28(24,25)27-16-7-6-15-11-22(9-8-14(15)10-16)17(23)26-12-13-4-2-1-3-5-13/h1-7,10H,8-9,11-12H2. The van der Waals surface area contributed by atoms with E-state index >= 15 is 0 Å². The van der Waals surface area contributed by atoms with Crippen LogP contribution in [0.1, 0.15) is 16.7 Å². The summed E-state index contributed by atoms with van der Waals surface area (Å²) < 4.78 is 68.9. The van der Waals surface area contributed by atoms with Crippen molar-refractivity contribution in [3.05, 3.63) is 65.2 Å². The first kappa shape index (κ1) is 20.0. The van der Waals surface area contributed by atoms with E-state index in [9.17, 15) is 26.4 Å². The number of rotatable bonds is 4. The van der Waals surface area contributed by atoms with Gasteiger partial charge < -0.3 is 13.8 Å². The number of nitrogens with zero attached hydrogens (tertiary/aromatic N) is 1. The third-order valence-electron chi connectivity index (χ3n) is 4.14. The smallest absolute Gasteiger partial charge is 0.445 e. The Bertz CT molecular complexity index is 961. The van der Waals surface area contributed by atoms with Gasteiger partial charge >= 0.3 is 21.7 Å². The van der Waals surface area contributed by atoms with Gasteiger partial charge in [-0.3, -0.25) is 0 Å². The predicted octanol–water partition coefficient (Wildman–Crippen LogP) is 3.61. The highest BCUT2D eigenvalue weighted by Crippen LogP contribution is 2.29. The Kier molecular flexibility index (Phi) is 5.50. The van der Waals surface area contributed by atoms with E-state index in [0.29, 0.717) is 17.5 Å². The number of hydrogen-bond donors (Lipinski definition) is 0. The number of fused-ring (bicyclic) bond motifs is 1. The number of ether oxygens (including phenoxy) is 1. The summed E-state index contributed by atoms with van der Waals surface area (Å²) in [5.41, 5.74) is -3.36. The maximum atomic E-state index is 12.4. The first-order valence-corrected chi connectivity index (χ1v) is 9.65. The van der Waals surface area contributed by atoms with Crippen LogP contribution in [0.15, 0.2) is 48.5 Å². The van der Waals surface area contributed by atoms with E-state index in [1.54, 1.807) is 0 Å². The molecular formula is C18H16F3NO5S. The molecule has 0 bridgehead atoms. The molecule has 10 heteroatoms. The lowest BCUT2D eigenvalue weighted by molar-refractivity contribution is -0.0500. The number of amides is 1. The Labute approximate surface area is 159 Å². The van der Waals surface area contributed by atoms with Gasteiger partial charge in [0.05, 0.1) is 0 Å². The molecule has 6 nitrogen and oxygen atoms in total. The van der Waals surface area contributed by atoms with Crippen LogP contribution in [0.4, 0.5) is 18.0 Å². The van der Waals surface area contributed by atoms with Gasteiger partial charge in [-0.2, -0.15) is 21.6 Å². The Morgan fingerprint density at radius 3 is 2.46 bits per heavy atom. The molecule has 0 atom stereocenters. The van der Waals surface area contributed by atoms with E-state index in [4.69, 9.17) is 4.74 Å². The summed E-state index contributed by atoms with van der Waals surface area (Å²) in [6.45, 7) is 0.621. The number of carbonyl (C=O) groups is 1. The summed E-state index contributed by atoms with van der Waals surface area (Å²) >= 11 is 0. The van der Waals surface area contributed by atoms with Gasteiger partial charge in [0.1, 0.15) is 12.4 Å². The fourth-order valence-electron chi connectivity index (χ4n) is 2.72. The highest BCUT2D eigenvalue weighted by molar-refractivity contribution is 7.88. The second-order valence-corrected chi connectivity index (χ2v) is 7.66. The topological polar surface area (TPSA) is 72.9 Å². The van der Waals surface area contributed by atoms with Crippen LogP contribution in [0.5, 0.6) is 5.75 Å². The molecule has 0 saturated carbocycles. The molecule has 0 unspecified atom stereocenters. The van der Waals surface area contributed by atoms with Crippen LogP contribution in [-0.4, -0.2) is 31.5 Å². The first-order valence-electron chi connectivity index (χ1n) is 8.24. The van der Waals surface area contributed by atoms with Crippen LogP contribution in [-0.2, 0) is 34.4 Å². The zero-order valence-electron chi connectivity index (χ0n) is 14.5. The third kappa shape index (κ3) is 4.56. The highest BCUT2D eigenvalue weighted by Gasteiger charge is 2.48. The summed E-state index contributed by atoms with van der Waals surface area (Å²) in [7, 11) is -5.72. The van der Waals surface area contributed by atoms with Crippen LogP contribution in [0.25, 0.3) is 0 Å². The zero-order chi connectivity index (χ0) is 20.4. The van der Waals surface area contributed by atoms with Gasteiger partial charge in [0.25, 0.3) is 0 Å². The summed E-state index contributed by atoms with van der Waals surface area (Å²) in [5.74, 6) is -0.420. The molecule has 0 spiro atoms. The lowest BCUT2D eigenvalue weighted by atomic mass is 10.00. The molecular weight excluding hydrogens is 399 g/mol. The second kappa shape index (κ2) is 7.70. The van der Waals surface area contributed by atoms with Gasteiger partial charge in [-0.25, -0.2) is 4.79 Å². The number of carbonyl (C=O) groups excluding carboxylic acids is 1. The van der Waals surface area contributed by atoms with E-state index < -0.39 is 27.5 Å². The Hall–Kier alpha value is -2.75. The van der Waals surface area contributed by atoms with Gasteiger partial charge in [-0.15, -0.1) is 0 Å². The van der Waals surface area contributed by atoms with Crippen molar-refractivity contribution in [1.29, 1.82) is 0 Å². The lowest BCUT2D eigenvalue weighted by Gasteiger charge is -2.28. The van der Waals surface area contributed by atoms with Gasteiger partial charge in [0, 0.05) is 13.1 Å². The van der Waals surface area contributed by atoms with Crippen LogP contribution >= 0.6 is 0 Å². The van der Waals surface area contributed by atoms with Crippen molar-refractivity contribution in [2.24, 2.45) is 0 Å². The average Bonchev–Trinajstić information content (AvgIpc) is 2.65. The fraction of sp³-hybridized carbons (Fsp3) is 0.278. The minimum Gasteiger partial charge on any atom is -0.445 e. The van der Waals surface area contributed by atoms with Gasteiger partial charge in [0.15, 0.2) is 0 Å². The van der Waals surface area contributed by atoms with Crippen LogP contribution in [0.3, 0.4) is 0 Å². The highest BCUT2D eigenvalue weighted by atomic mass is 32.2. The van der Waals surface area contributed by atoms with E-state index in [2.05, 4.69) is 4.18 Å². The molecule has 0 aliphatic carbocycles. The van der Waals surface area contributed by atoms with Crippen LogP contribution < -0.4 is 4.18 Å². The van der Waals surface area contributed by atoms with Crippen molar-refractivity contribution < 1.29 is 35.3 Å². The second-order valence-electron chi connectivity index (χ2n) is 6.13. The Morgan fingerprint density at radius 1 is 1.07 bits per heavy atom. The molecule has 0 fully saturated rings. The van der Waals surface area contributed by atoms with E-state index in [1.807, 2.05) is 30.3 Å². The van der Waals surface area contributed by atoms with Crippen molar-refractivity contribution >= 4 is 16.2 Å².